The molecule has 52 heavy (non-hydrogen) atoms. The Morgan fingerprint density at radius 2 is 1.12 bits per heavy atom. The Balaban J connectivity index is 1.52. The fraction of sp³-hybridized carbons (Fsp3) is 0.130. The fourth-order valence-corrected chi connectivity index (χ4v) is 6.83. The molecular weight excluding hydrogens is 641 g/mol. The quantitative estimate of drug-likeness (QED) is 0.165. The zero-order chi connectivity index (χ0) is 35.4. The number of unbranched alkanes of at least 4 members (excludes halogenated alkanes) is 1. The molecule has 254 valence electrons. The number of aromatic nitrogens is 4. The van der Waals surface area contributed by atoms with Gasteiger partial charge in [-0.05, 0) is 109 Å². The van der Waals surface area contributed by atoms with Crippen molar-refractivity contribution in [1.82, 2.24) is 19.9 Å². The van der Waals surface area contributed by atoms with E-state index in [0.29, 0.717) is 0 Å². The van der Waals surface area contributed by atoms with Gasteiger partial charge in [0.05, 0.1) is 48.1 Å². The van der Waals surface area contributed by atoms with Crippen molar-refractivity contribution in [3.8, 4) is 45.6 Å². The first-order valence-corrected chi connectivity index (χ1v) is 17.6. The van der Waals surface area contributed by atoms with Gasteiger partial charge in [-0.15, -0.1) is 0 Å². The summed E-state index contributed by atoms with van der Waals surface area (Å²) in [4.78, 5) is 18.2. The number of hydrogen-bond donors (Lipinski definition) is 2. The zero-order valence-electron chi connectivity index (χ0n) is 29.5. The summed E-state index contributed by atoms with van der Waals surface area (Å²) >= 11 is 0. The SMILES string of the molecule is CCCCc1c2nc(c(-c3cccc(OC)c3)c3ccc([nH]3)c(C#Cc3ccccc3)c3nc(c(-c4cccc(OC)c4)c4ccc1[nH]4)C=C3)C=C2. The topological polar surface area (TPSA) is 75.8 Å². The van der Waals surface area contributed by atoms with E-state index in [1.54, 1.807) is 14.2 Å². The van der Waals surface area contributed by atoms with Crippen LogP contribution < -0.4 is 9.47 Å². The fourth-order valence-electron chi connectivity index (χ4n) is 6.83. The van der Waals surface area contributed by atoms with Crippen LogP contribution in [0, 0.1) is 11.8 Å². The lowest BCUT2D eigenvalue weighted by Crippen LogP contribution is -1.92. The Kier molecular flexibility index (Phi) is 8.99. The van der Waals surface area contributed by atoms with Gasteiger partial charge in [0.15, 0.2) is 0 Å². The van der Waals surface area contributed by atoms with Crippen molar-refractivity contribution in [2.24, 2.45) is 0 Å². The van der Waals surface area contributed by atoms with Crippen LogP contribution in [-0.2, 0) is 6.42 Å². The van der Waals surface area contributed by atoms with Gasteiger partial charge in [0.25, 0.3) is 0 Å². The van der Waals surface area contributed by atoms with Gasteiger partial charge in [-0.25, -0.2) is 9.97 Å². The van der Waals surface area contributed by atoms with Gasteiger partial charge < -0.3 is 19.4 Å². The second-order valence-corrected chi connectivity index (χ2v) is 12.8. The standard InChI is InChI=1S/C46H38N4O2/c1-4-5-17-35-37-20-24-41(47-37)45(31-13-9-15-33(28-31)51-2)43-26-22-39(49-43)36(19-18-30-11-7-6-8-12-30)40-23-27-44(50-40)46(42-25-21-38(35)48-42)32-14-10-16-34(29-32)52-3/h6-16,20-29,47,50H,4-5,17H2,1-3H3. The molecule has 2 aliphatic rings. The number of ether oxygens (including phenoxy) is 2. The molecule has 6 aromatic rings. The van der Waals surface area contributed by atoms with Gasteiger partial charge in [0.2, 0.25) is 0 Å². The summed E-state index contributed by atoms with van der Waals surface area (Å²) in [7, 11) is 3.39. The predicted molar refractivity (Wildman–Crippen MR) is 214 cm³/mol. The molecule has 0 amide bonds. The summed E-state index contributed by atoms with van der Waals surface area (Å²) in [6.45, 7) is 2.22. The number of hydrogen-bond acceptors (Lipinski definition) is 4. The number of fused-ring (bicyclic) bond motifs is 8. The van der Waals surface area contributed by atoms with E-state index in [-0.39, 0.29) is 0 Å². The monoisotopic (exact) mass is 678 g/mol. The zero-order valence-corrected chi connectivity index (χ0v) is 29.5. The Morgan fingerprint density at radius 1 is 0.558 bits per heavy atom. The Bertz CT molecular complexity index is 2550. The highest BCUT2D eigenvalue weighted by molar-refractivity contribution is 5.95. The number of nitrogens with zero attached hydrogens (tertiary/aromatic N) is 2. The van der Waals surface area contributed by atoms with E-state index >= 15 is 0 Å². The van der Waals surface area contributed by atoms with Gasteiger partial charge in [0, 0.05) is 38.8 Å². The van der Waals surface area contributed by atoms with Crippen molar-refractivity contribution in [2.75, 3.05) is 14.2 Å². The molecule has 0 saturated carbocycles. The molecule has 0 saturated heterocycles. The summed E-state index contributed by atoms with van der Waals surface area (Å²) in [6.07, 6.45) is 11.4. The molecule has 8 rings (SSSR count). The number of benzene rings is 3. The largest absolute Gasteiger partial charge is 0.497 e. The van der Waals surface area contributed by atoms with Crippen LogP contribution in [0.15, 0.2) is 103 Å². The van der Waals surface area contributed by atoms with Gasteiger partial charge >= 0.3 is 0 Å². The molecule has 6 nitrogen and oxygen atoms in total. The van der Waals surface area contributed by atoms with Gasteiger partial charge in [-0.2, -0.15) is 0 Å². The van der Waals surface area contributed by atoms with Crippen molar-refractivity contribution in [3.63, 3.8) is 0 Å². The maximum atomic E-state index is 5.66. The minimum atomic E-state index is 0.776. The van der Waals surface area contributed by atoms with E-state index in [1.807, 2.05) is 54.6 Å². The van der Waals surface area contributed by atoms with E-state index in [1.165, 1.54) is 5.56 Å². The van der Waals surface area contributed by atoms with Crippen molar-refractivity contribution in [3.05, 3.63) is 143 Å². The first-order chi connectivity index (χ1) is 25.6. The maximum absolute atomic E-state index is 5.66. The van der Waals surface area contributed by atoms with Crippen LogP contribution >= 0.6 is 0 Å². The first-order valence-electron chi connectivity index (χ1n) is 17.6. The van der Waals surface area contributed by atoms with Crippen LogP contribution in [0.3, 0.4) is 0 Å². The van der Waals surface area contributed by atoms with Crippen molar-refractivity contribution >= 4 is 46.4 Å². The molecule has 5 heterocycles. The first kappa shape index (κ1) is 32.6. The van der Waals surface area contributed by atoms with Crippen molar-refractivity contribution < 1.29 is 9.47 Å². The minimum absolute atomic E-state index is 0.776. The van der Waals surface area contributed by atoms with Gasteiger partial charge in [-0.1, -0.05) is 67.6 Å². The summed E-state index contributed by atoms with van der Waals surface area (Å²) < 4.78 is 11.3. The number of rotatable bonds is 7. The molecule has 8 bridgehead atoms. The van der Waals surface area contributed by atoms with Crippen LogP contribution in [0.5, 0.6) is 11.5 Å². The smallest absolute Gasteiger partial charge is 0.119 e. The molecule has 0 radical (unpaired) electrons. The Morgan fingerprint density at radius 3 is 1.75 bits per heavy atom. The Hall–Kier alpha value is -6.58. The molecule has 0 aliphatic carbocycles. The predicted octanol–water partition coefficient (Wildman–Crippen LogP) is 10.7. The third-order valence-electron chi connectivity index (χ3n) is 9.47. The van der Waals surface area contributed by atoms with E-state index in [4.69, 9.17) is 19.4 Å². The van der Waals surface area contributed by atoms with E-state index in [9.17, 15) is 0 Å². The number of H-pyrrole nitrogens is 2. The molecule has 2 aliphatic heterocycles. The second kappa shape index (κ2) is 14.3. The lowest BCUT2D eigenvalue weighted by atomic mass is 10.0. The van der Waals surface area contributed by atoms with Crippen LogP contribution in [0.2, 0.25) is 0 Å². The lowest BCUT2D eigenvalue weighted by Gasteiger charge is -2.07. The number of aryl methyl sites for hydroxylation is 1. The lowest BCUT2D eigenvalue weighted by molar-refractivity contribution is 0.415. The van der Waals surface area contributed by atoms with E-state index < -0.39 is 0 Å². The van der Waals surface area contributed by atoms with Crippen LogP contribution in [0.4, 0.5) is 0 Å². The number of methoxy groups -OCH3 is 2. The molecule has 0 unspecified atom stereocenters. The summed E-state index contributed by atoms with van der Waals surface area (Å²) in [5.74, 6) is 8.44. The highest BCUT2D eigenvalue weighted by Gasteiger charge is 2.18. The molecule has 2 N–H and O–H groups in total. The average Bonchev–Trinajstić information content (AvgIpc) is 4.03. The van der Waals surface area contributed by atoms with Crippen molar-refractivity contribution in [2.45, 2.75) is 26.2 Å². The van der Waals surface area contributed by atoms with Crippen LogP contribution in [0.1, 0.15) is 59.2 Å². The summed E-state index contributed by atoms with van der Waals surface area (Å²) in [6, 6.07) is 34.8. The molecular formula is C46H38N4O2. The van der Waals surface area contributed by atoms with Gasteiger partial charge in [-0.3, -0.25) is 0 Å². The number of nitrogens with one attached hydrogen (secondary N) is 2. The Labute approximate surface area is 303 Å². The average molecular weight is 679 g/mol. The van der Waals surface area contributed by atoms with Gasteiger partial charge in [0.1, 0.15) is 11.5 Å². The highest BCUT2D eigenvalue weighted by atomic mass is 16.5. The molecule has 0 atom stereocenters. The van der Waals surface area contributed by atoms with Crippen molar-refractivity contribution in [1.29, 1.82) is 0 Å². The summed E-state index contributed by atoms with van der Waals surface area (Å²) in [5, 5.41) is 0. The maximum Gasteiger partial charge on any atom is 0.119 e. The third kappa shape index (κ3) is 6.41. The second-order valence-electron chi connectivity index (χ2n) is 12.8. The molecule has 3 aromatic heterocycles. The normalized spacial score (nSPS) is 11.7. The molecule has 0 spiro atoms. The minimum Gasteiger partial charge on any atom is -0.497 e. The number of aromatic amines is 2. The molecule has 3 aromatic carbocycles. The van der Waals surface area contributed by atoms with E-state index in [2.05, 4.69) is 102 Å². The van der Waals surface area contributed by atoms with Crippen LogP contribution in [-0.4, -0.2) is 34.2 Å². The highest BCUT2D eigenvalue weighted by Crippen LogP contribution is 2.36. The van der Waals surface area contributed by atoms with Crippen LogP contribution in [0.25, 0.3) is 68.6 Å². The molecule has 0 fully saturated rings. The molecule has 6 heteroatoms. The third-order valence-corrected chi connectivity index (χ3v) is 9.47. The van der Waals surface area contributed by atoms with E-state index in [0.717, 1.165) is 109 Å². The summed E-state index contributed by atoms with van der Waals surface area (Å²) in [5.41, 5.74) is 14.1.